The van der Waals surface area contributed by atoms with Crippen LogP contribution >= 0.6 is 15.9 Å². The summed E-state index contributed by atoms with van der Waals surface area (Å²) >= 11 is 3.51. The van der Waals surface area contributed by atoms with E-state index in [9.17, 15) is 14.7 Å². The molecule has 0 aromatic rings. The Hall–Kier alpha value is -0.543. The van der Waals surface area contributed by atoms with Crippen LogP contribution in [0.3, 0.4) is 0 Å². The number of ether oxygens (including phenoxy) is 2. The monoisotopic (exact) mass is 488 g/mol. The minimum absolute atomic E-state index is 0.0422. The summed E-state index contributed by atoms with van der Waals surface area (Å²) in [5.74, 6) is -0.617. The first-order valence-corrected chi connectivity index (χ1v) is 13.4. The Morgan fingerprint density at radius 1 is 1.21 bits per heavy atom. The van der Waals surface area contributed by atoms with Crippen LogP contribution in [-0.4, -0.2) is 61.0 Å². The second-order valence-electron chi connectivity index (χ2n) is 9.44. The van der Waals surface area contributed by atoms with Gasteiger partial charge in [-0.15, -0.1) is 0 Å². The van der Waals surface area contributed by atoms with Crippen molar-refractivity contribution in [2.24, 2.45) is 0 Å². The molecule has 1 N–H and O–H groups in total. The maximum atomic E-state index is 12.9. The Morgan fingerprint density at radius 2 is 1.76 bits per heavy atom. The lowest BCUT2D eigenvalue weighted by Gasteiger charge is -2.50. The molecule has 0 amide bonds. The van der Waals surface area contributed by atoms with E-state index in [1.165, 1.54) is 7.11 Å². The molecule has 0 radical (unpaired) electrons. The Kier molecular flexibility index (Phi) is 6.27. The van der Waals surface area contributed by atoms with E-state index < -0.39 is 43.0 Å². The van der Waals surface area contributed by atoms with E-state index in [2.05, 4.69) is 57.5 Å². The number of ketones is 1. The Labute approximate surface area is 182 Å². The number of Topliss-reactive ketones (excluding diaryl/α,β-unsaturated/α-hetero) is 1. The van der Waals surface area contributed by atoms with Gasteiger partial charge in [-0.1, -0.05) is 57.5 Å². The molecule has 3 aliphatic rings. The lowest BCUT2D eigenvalue weighted by molar-refractivity contribution is -0.144. The van der Waals surface area contributed by atoms with Gasteiger partial charge in [-0.2, -0.15) is 0 Å². The van der Waals surface area contributed by atoms with Gasteiger partial charge < -0.3 is 19.0 Å². The highest BCUT2D eigenvalue weighted by atomic mass is 79.9. The topological polar surface area (TPSA) is 82.1 Å². The van der Waals surface area contributed by atoms with Gasteiger partial charge in [0.1, 0.15) is 10.4 Å². The first kappa shape index (κ1) is 23.1. The molecule has 29 heavy (non-hydrogen) atoms. The molecule has 0 aromatic heterocycles. The number of carbonyl (C=O) groups excluding carboxylic acids is 2. The quantitative estimate of drug-likeness (QED) is 0.349. The standard InChI is InChI=1S/C21H33BrO6Si/c1-10(2)29(11(3)4,12(5)6)28-14-9-16(24)21(22)15(23)8-13-18(20(25)26-7)17(14)19(21)27-13/h10-14,16,19,24H,8-9H2,1-7H3/t13?,14?,16?,19?,21-/m1/s1. The summed E-state index contributed by atoms with van der Waals surface area (Å²) in [5.41, 5.74) is 2.14. The molecule has 0 aromatic carbocycles. The fourth-order valence-electron chi connectivity index (χ4n) is 5.91. The summed E-state index contributed by atoms with van der Waals surface area (Å²) < 4.78 is 16.9. The Balaban J connectivity index is 2.14. The summed E-state index contributed by atoms with van der Waals surface area (Å²) in [4.78, 5) is 25.5. The van der Waals surface area contributed by atoms with Crippen LogP contribution in [0.15, 0.2) is 11.1 Å². The van der Waals surface area contributed by atoms with Gasteiger partial charge in [-0.05, 0) is 16.6 Å². The van der Waals surface area contributed by atoms with E-state index in [-0.39, 0.29) is 18.6 Å². The highest BCUT2D eigenvalue weighted by Crippen LogP contribution is 2.55. The molecule has 164 valence electrons. The van der Waals surface area contributed by atoms with Gasteiger partial charge in [0, 0.05) is 18.4 Å². The van der Waals surface area contributed by atoms with Crippen molar-refractivity contribution in [3.05, 3.63) is 11.1 Å². The minimum atomic E-state index is -2.30. The number of carbonyl (C=O) groups is 2. The van der Waals surface area contributed by atoms with Crippen LogP contribution < -0.4 is 0 Å². The van der Waals surface area contributed by atoms with Gasteiger partial charge >= 0.3 is 5.97 Å². The van der Waals surface area contributed by atoms with Crippen molar-refractivity contribution in [2.75, 3.05) is 7.11 Å². The van der Waals surface area contributed by atoms with Crippen LogP contribution in [0.1, 0.15) is 54.4 Å². The van der Waals surface area contributed by atoms with Crippen LogP contribution in [0, 0.1) is 0 Å². The molecular weight excluding hydrogens is 456 g/mol. The number of halogens is 1. The van der Waals surface area contributed by atoms with Crippen molar-refractivity contribution < 1.29 is 28.6 Å². The van der Waals surface area contributed by atoms with E-state index >= 15 is 0 Å². The summed E-state index contributed by atoms with van der Waals surface area (Å²) in [6.07, 6.45) is -2.48. The molecule has 1 saturated heterocycles. The predicted octanol–water partition coefficient (Wildman–Crippen LogP) is 3.66. The number of alkyl halides is 1. The molecule has 6 nitrogen and oxygen atoms in total. The zero-order chi connectivity index (χ0) is 21.9. The summed E-state index contributed by atoms with van der Waals surface area (Å²) in [5, 5.41) is 11.0. The average molecular weight is 489 g/mol. The highest BCUT2D eigenvalue weighted by molar-refractivity contribution is 9.10. The second kappa shape index (κ2) is 7.86. The van der Waals surface area contributed by atoms with E-state index in [1.54, 1.807) is 0 Å². The molecule has 1 aliphatic carbocycles. The average Bonchev–Trinajstić information content (AvgIpc) is 2.98. The van der Waals surface area contributed by atoms with Crippen molar-refractivity contribution in [3.8, 4) is 0 Å². The maximum Gasteiger partial charge on any atom is 0.336 e. The van der Waals surface area contributed by atoms with Gasteiger partial charge in [0.25, 0.3) is 0 Å². The van der Waals surface area contributed by atoms with Crippen molar-refractivity contribution in [1.29, 1.82) is 0 Å². The van der Waals surface area contributed by atoms with Crippen molar-refractivity contribution in [3.63, 3.8) is 0 Å². The largest absolute Gasteiger partial charge is 0.466 e. The molecule has 4 unspecified atom stereocenters. The number of hydrogen-bond acceptors (Lipinski definition) is 6. The molecule has 2 heterocycles. The normalized spacial score (nSPS) is 34.6. The lowest BCUT2D eigenvalue weighted by atomic mass is 9.76. The fraction of sp³-hybridized carbons (Fsp3) is 0.810. The molecule has 5 atom stereocenters. The number of hydrogen-bond donors (Lipinski definition) is 1. The third-order valence-corrected chi connectivity index (χ3v) is 14.6. The van der Waals surface area contributed by atoms with E-state index in [4.69, 9.17) is 13.9 Å². The zero-order valence-corrected chi connectivity index (χ0v) is 20.9. The molecule has 8 heteroatoms. The number of esters is 1. The molecule has 0 spiro atoms. The highest BCUT2D eigenvalue weighted by Gasteiger charge is 2.66. The Bertz CT molecular complexity index is 711. The molecule has 2 bridgehead atoms. The number of rotatable bonds is 6. The second-order valence-corrected chi connectivity index (χ2v) is 16.2. The number of methoxy groups -OCH3 is 1. The number of aliphatic hydroxyl groups is 1. The van der Waals surface area contributed by atoms with E-state index in [1.807, 2.05) is 0 Å². The smallest absolute Gasteiger partial charge is 0.336 e. The fourth-order valence-corrected chi connectivity index (χ4v) is 12.1. The van der Waals surface area contributed by atoms with Crippen LogP contribution in [-0.2, 0) is 23.5 Å². The van der Waals surface area contributed by atoms with Crippen LogP contribution in [0.5, 0.6) is 0 Å². The molecule has 2 fully saturated rings. The Morgan fingerprint density at radius 3 is 2.24 bits per heavy atom. The summed E-state index contributed by atoms with van der Waals surface area (Å²) in [6.45, 7) is 13.2. The predicted molar refractivity (Wildman–Crippen MR) is 116 cm³/mol. The number of aliphatic hydroxyl groups excluding tert-OH is 1. The van der Waals surface area contributed by atoms with Gasteiger partial charge in [0.2, 0.25) is 8.32 Å². The van der Waals surface area contributed by atoms with Gasteiger partial charge in [-0.25, -0.2) is 4.79 Å². The first-order chi connectivity index (χ1) is 13.4. The van der Waals surface area contributed by atoms with Gasteiger partial charge in [0.05, 0.1) is 31.0 Å². The first-order valence-electron chi connectivity index (χ1n) is 10.5. The summed E-state index contributed by atoms with van der Waals surface area (Å²) in [7, 11) is -0.960. The van der Waals surface area contributed by atoms with Gasteiger partial charge in [0.15, 0.2) is 5.78 Å². The third-order valence-electron chi connectivity index (χ3n) is 7.12. The van der Waals surface area contributed by atoms with Crippen LogP contribution in [0.2, 0.25) is 16.6 Å². The van der Waals surface area contributed by atoms with Crippen LogP contribution in [0.4, 0.5) is 0 Å². The minimum Gasteiger partial charge on any atom is -0.466 e. The van der Waals surface area contributed by atoms with Crippen LogP contribution in [0.25, 0.3) is 0 Å². The van der Waals surface area contributed by atoms with E-state index in [0.717, 1.165) is 0 Å². The summed E-state index contributed by atoms with van der Waals surface area (Å²) in [6, 6.07) is 0. The number of fused-ring (bicyclic) bond motifs is 1. The lowest BCUT2D eigenvalue weighted by Crippen LogP contribution is -2.63. The third kappa shape index (κ3) is 3.21. The SMILES string of the molecule is COC(=O)C1=C2C(O[Si](C(C)C)(C(C)C)C(C)C)CC(O)[C@]3(Br)C(=O)CC1OC23. The van der Waals surface area contributed by atoms with E-state index in [0.29, 0.717) is 27.8 Å². The molecule has 3 rings (SSSR count). The molecular formula is C21H33BrO6Si. The molecule has 1 saturated carbocycles. The maximum absolute atomic E-state index is 12.9. The molecule has 2 aliphatic heterocycles. The van der Waals surface area contributed by atoms with Crippen molar-refractivity contribution in [2.45, 2.75) is 99.7 Å². The zero-order valence-electron chi connectivity index (χ0n) is 18.3. The van der Waals surface area contributed by atoms with Crippen molar-refractivity contribution >= 4 is 36.0 Å². The van der Waals surface area contributed by atoms with Crippen molar-refractivity contribution in [1.82, 2.24) is 0 Å². The van der Waals surface area contributed by atoms with Gasteiger partial charge in [-0.3, -0.25) is 4.79 Å².